The Morgan fingerprint density at radius 3 is 2.46 bits per heavy atom. The summed E-state index contributed by atoms with van der Waals surface area (Å²) >= 11 is 0. The van der Waals surface area contributed by atoms with Gasteiger partial charge in [0, 0.05) is 47.1 Å². The molecule has 1 unspecified atom stereocenters. The van der Waals surface area contributed by atoms with Gasteiger partial charge in [-0.25, -0.2) is 0 Å². The maximum atomic E-state index is 5.86. The standard InChI is InChI=1S/C17H35N3O3.HI/c1-17(2,3)15(21-5)13-20-16(18-4)19-9-6-10-23-14-7-11-22-12-8-14;/h14-15H,6-13H2,1-5H3,(H2,18,19,20);1H. The summed E-state index contributed by atoms with van der Waals surface area (Å²) in [4.78, 5) is 4.25. The fourth-order valence-corrected chi connectivity index (χ4v) is 2.52. The molecule has 0 amide bonds. The molecule has 1 heterocycles. The van der Waals surface area contributed by atoms with Crippen LogP contribution >= 0.6 is 24.0 Å². The zero-order chi connectivity index (χ0) is 17.1. The van der Waals surface area contributed by atoms with Gasteiger partial charge in [0.1, 0.15) is 0 Å². The molecule has 0 spiro atoms. The van der Waals surface area contributed by atoms with Gasteiger partial charge in [-0.2, -0.15) is 0 Å². The molecule has 144 valence electrons. The van der Waals surface area contributed by atoms with Gasteiger partial charge >= 0.3 is 0 Å². The number of halogens is 1. The molecule has 0 aromatic carbocycles. The molecule has 1 rings (SSSR count). The largest absolute Gasteiger partial charge is 0.381 e. The van der Waals surface area contributed by atoms with Crippen molar-refractivity contribution >= 4 is 29.9 Å². The average molecular weight is 457 g/mol. The molecule has 0 radical (unpaired) electrons. The average Bonchev–Trinajstić information content (AvgIpc) is 2.53. The number of aliphatic imine (C=N–C) groups is 1. The summed E-state index contributed by atoms with van der Waals surface area (Å²) < 4.78 is 16.7. The minimum atomic E-state index is 0. The van der Waals surface area contributed by atoms with E-state index in [1.807, 2.05) is 0 Å². The second-order valence-corrected chi connectivity index (χ2v) is 7.01. The molecule has 1 saturated heterocycles. The maximum Gasteiger partial charge on any atom is 0.191 e. The molecule has 24 heavy (non-hydrogen) atoms. The first kappa shape index (κ1) is 23.9. The van der Waals surface area contributed by atoms with E-state index < -0.39 is 0 Å². The van der Waals surface area contributed by atoms with Gasteiger partial charge in [0.15, 0.2) is 5.96 Å². The summed E-state index contributed by atoms with van der Waals surface area (Å²) in [6.07, 6.45) is 3.50. The highest BCUT2D eigenvalue weighted by atomic mass is 127. The molecule has 1 fully saturated rings. The Kier molecular flexibility index (Phi) is 13.1. The van der Waals surface area contributed by atoms with E-state index >= 15 is 0 Å². The summed E-state index contributed by atoms with van der Waals surface area (Å²) in [7, 11) is 3.54. The Morgan fingerprint density at radius 1 is 1.25 bits per heavy atom. The monoisotopic (exact) mass is 457 g/mol. The minimum absolute atomic E-state index is 0. The molecule has 0 aromatic heterocycles. The van der Waals surface area contributed by atoms with Crippen molar-refractivity contribution in [1.29, 1.82) is 0 Å². The highest BCUT2D eigenvalue weighted by Gasteiger charge is 2.24. The summed E-state index contributed by atoms with van der Waals surface area (Å²) in [5.74, 6) is 0.808. The lowest BCUT2D eigenvalue weighted by molar-refractivity contribution is -0.0320. The summed E-state index contributed by atoms with van der Waals surface area (Å²) in [6.45, 7) is 10.5. The molecular formula is C17H36IN3O3. The third-order valence-electron chi connectivity index (χ3n) is 4.06. The molecule has 1 aliphatic heterocycles. The first-order chi connectivity index (χ1) is 11.0. The molecule has 1 aliphatic rings. The Bertz CT molecular complexity index is 342. The Morgan fingerprint density at radius 2 is 1.92 bits per heavy atom. The Balaban J connectivity index is 0.00000529. The van der Waals surface area contributed by atoms with E-state index in [1.54, 1.807) is 14.2 Å². The molecule has 0 aliphatic carbocycles. The Hall–Kier alpha value is -0.120. The molecule has 2 N–H and O–H groups in total. The summed E-state index contributed by atoms with van der Waals surface area (Å²) in [6, 6.07) is 0. The van der Waals surface area contributed by atoms with Crippen LogP contribution in [0.3, 0.4) is 0 Å². The third kappa shape index (κ3) is 10.0. The molecule has 6 nitrogen and oxygen atoms in total. The highest BCUT2D eigenvalue weighted by molar-refractivity contribution is 14.0. The van der Waals surface area contributed by atoms with E-state index in [0.717, 1.165) is 58.1 Å². The van der Waals surface area contributed by atoms with Crippen LogP contribution in [0.4, 0.5) is 0 Å². The number of nitrogens with zero attached hydrogens (tertiary/aromatic N) is 1. The van der Waals surface area contributed by atoms with Crippen molar-refractivity contribution in [1.82, 2.24) is 10.6 Å². The second kappa shape index (κ2) is 13.1. The van der Waals surface area contributed by atoms with Crippen LogP contribution in [0.25, 0.3) is 0 Å². The highest BCUT2D eigenvalue weighted by Crippen LogP contribution is 2.20. The topological polar surface area (TPSA) is 64.1 Å². The van der Waals surface area contributed by atoms with Crippen LogP contribution < -0.4 is 10.6 Å². The molecule has 7 heteroatoms. The normalized spacial score (nSPS) is 18.0. The van der Waals surface area contributed by atoms with Gasteiger partial charge in [0.05, 0.1) is 12.2 Å². The molecular weight excluding hydrogens is 421 g/mol. The van der Waals surface area contributed by atoms with E-state index in [1.165, 1.54) is 0 Å². The van der Waals surface area contributed by atoms with Gasteiger partial charge in [-0.15, -0.1) is 24.0 Å². The SMILES string of the molecule is CN=C(NCCCOC1CCOCC1)NCC(OC)C(C)(C)C.I. The van der Waals surface area contributed by atoms with Crippen molar-refractivity contribution in [2.24, 2.45) is 10.4 Å². The van der Waals surface area contributed by atoms with Crippen molar-refractivity contribution < 1.29 is 14.2 Å². The zero-order valence-corrected chi connectivity index (χ0v) is 18.2. The third-order valence-corrected chi connectivity index (χ3v) is 4.06. The number of methoxy groups -OCH3 is 1. The molecule has 0 aromatic rings. The van der Waals surface area contributed by atoms with Crippen molar-refractivity contribution in [3.05, 3.63) is 0 Å². The quantitative estimate of drug-likeness (QED) is 0.254. The Labute approximate surface area is 164 Å². The van der Waals surface area contributed by atoms with Crippen molar-refractivity contribution in [2.45, 2.75) is 52.2 Å². The van der Waals surface area contributed by atoms with Gasteiger partial charge in [-0.1, -0.05) is 20.8 Å². The van der Waals surface area contributed by atoms with Gasteiger partial charge in [0.25, 0.3) is 0 Å². The molecule has 1 atom stereocenters. The first-order valence-electron chi connectivity index (χ1n) is 8.64. The van der Waals surface area contributed by atoms with Gasteiger partial charge in [-0.3, -0.25) is 4.99 Å². The lowest BCUT2D eigenvalue weighted by atomic mass is 9.89. The van der Waals surface area contributed by atoms with E-state index in [4.69, 9.17) is 14.2 Å². The first-order valence-corrected chi connectivity index (χ1v) is 8.64. The van der Waals surface area contributed by atoms with Crippen molar-refractivity contribution in [2.75, 3.05) is 47.1 Å². The second-order valence-electron chi connectivity index (χ2n) is 7.01. The number of nitrogens with one attached hydrogen (secondary N) is 2. The van der Waals surface area contributed by atoms with E-state index in [-0.39, 0.29) is 35.5 Å². The zero-order valence-electron chi connectivity index (χ0n) is 15.9. The number of hydrogen-bond donors (Lipinski definition) is 2. The fraction of sp³-hybridized carbons (Fsp3) is 0.941. The van der Waals surface area contributed by atoms with Gasteiger partial charge < -0.3 is 24.8 Å². The summed E-state index contributed by atoms with van der Waals surface area (Å²) in [5.41, 5.74) is 0.0954. The van der Waals surface area contributed by atoms with E-state index in [0.29, 0.717) is 6.10 Å². The molecule has 0 saturated carbocycles. The lowest BCUT2D eigenvalue weighted by Gasteiger charge is -2.30. The van der Waals surface area contributed by atoms with Crippen LogP contribution in [0.15, 0.2) is 4.99 Å². The summed E-state index contributed by atoms with van der Waals surface area (Å²) in [5, 5.41) is 6.64. The van der Waals surface area contributed by atoms with Crippen LogP contribution in [0, 0.1) is 5.41 Å². The predicted octanol–water partition coefficient (Wildman–Crippen LogP) is 2.42. The number of rotatable bonds is 8. The maximum absolute atomic E-state index is 5.86. The minimum Gasteiger partial charge on any atom is -0.381 e. The van der Waals surface area contributed by atoms with Crippen molar-refractivity contribution in [3.63, 3.8) is 0 Å². The number of guanidine groups is 1. The number of ether oxygens (including phenoxy) is 3. The van der Waals surface area contributed by atoms with E-state index in [9.17, 15) is 0 Å². The van der Waals surface area contributed by atoms with Crippen LogP contribution in [0.5, 0.6) is 0 Å². The predicted molar refractivity (Wildman–Crippen MR) is 109 cm³/mol. The fourth-order valence-electron chi connectivity index (χ4n) is 2.52. The van der Waals surface area contributed by atoms with Crippen LogP contribution in [-0.2, 0) is 14.2 Å². The van der Waals surface area contributed by atoms with Crippen LogP contribution in [0.1, 0.15) is 40.0 Å². The van der Waals surface area contributed by atoms with Crippen LogP contribution in [-0.4, -0.2) is 65.2 Å². The van der Waals surface area contributed by atoms with Gasteiger partial charge in [0.2, 0.25) is 0 Å². The number of hydrogen-bond acceptors (Lipinski definition) is 4. The van der Waals surface area contributed by atoms with Gasteiger partial charge in [-0.05, 0) is 24.7 Å². The van der Waals surface area contributed by atoms with E-state index in [2.05, 4.69) is 36.4 Å². The van der Waals surface area contributed by atoms with Crippen LogP contribution in [0.2, 0.25) is 0 Å². The van der Waals surface area contributed by atoms with Crippen molar-refractivity contribution in [3.8, 4) is 0 Å². The smallest absolute Gasteiger partial charge is 0.191 e. The lowest BCUT2D eigenvalue weighted by Crippen LogP contribution is -2.45. The molecule has 0 bridgehead atoms.